The molecule has 1 unspecified atom stereocenters. The Bertz CT molecular complexity index is 588. The van der Waals surface area contributed by atoms with Crippen LogP contribution < -0.4 is 5.32 Å². The number of carbonyl (C=O) groups excluding carboxylic acids is 1. The smallest absolute Gasteiger partial charge is 0.255 e. The molecule has 0 spiro atoms. The van der Waals surface area contributed by atoms with Crippen molar-refractivity contribution in [3.63, 3.8) is 0 Å². The number of carbonyl (C=O) groups is 1. The molecule has 5 nitrogen and oxygen atoms in total. The molecular weight excluding hydrogens is 254 g/mol. The third kappa shape index (κ3) is 2.88. The average Bonchev–Trinajstić information content (AvgIpc) is 2.88. The van der Waals surface area contributed by atoms with Crippen molar-refractivity contribution in [3.05, 3.63) is 42.1 Å². The molecule has 2 rings (SSSR count). The van der Waals surface area contributed by atoms with Crippen LogP contribution >= 0.6 is 0 Å². The van der Waals surface area contributed by atoms with Crippen molar-refractivity contribution in [3.8, 4) is 11.3 Å². The van der Waals surface area contributed by atoms with Gasteiger partial charge in [-0.3, -0.25) is 9.89 Å². The highest BCUT2D eigenvalue weighted by Crippen LogP contribution is 2.21. The van der Waals surface area contributed by atoms with E-state index >= 15 is 0 Å². The standard InChI is InChI=1S/C15H19N3O2/c1-10(19)15(2,3)17-14(20)12-9-16-18-13(12)11-7-5-4-6-8-11/h4-10,19H,1-3H3,(H,16,18)(H,17,20). The monoisotopic (exact) mass is 273 g/mol. The van der Waals surface area contributed by atoms with Gasteiger partial charge >= 0.3 is 0 Å². The van der Waals surface area contributed by atoms with Gasteiger partial charge in [0.25, 0.3) is 5.91 Å². The molecule has 1 aromatic heterocycles. The zero-order chi connectivity index (χ0) is 14.8. The number of benzene rings is 1. The summed E-state index contributed by atoms with van der Waals surface area (Å²) < 4.78 is 0. The maximum atomic E-state index is 12.3. The topological polar surface area (TPSA) is 78.0 Å². The third-order valence-corrected chi connectivity index (χ3v) is 3.43. The van der Waals surface area contributed by atoms with Crippen LogP contribution in [-0.2, 0) is 0 Å². The van der Waals surface area contributed by atoms with Crippen molar-refractivity contribution in [2.24, 2.45) is 0 Å². The summed E-state index contributed by atoms with van der Waals surface area (Å²) in [6.45, 7) is 5.20. The lowest BCUT2D eigenvalue weighted by Crippen LogP contribution is -2.51. The molecule has 2 aromatic rings. The maximum Gasteiger partial charge on any atom is 0.255 e. The summed E-state index contributed by atoms with van der Waals surface area (Å²) in [5, 5.41) is 19.3. The molecule has 1 amide bonds. The van der Waals surface area contributed by atoms with Crippen molar-refractivity contribution in [2.45, 2.75) is 32.4 Å². The Morgan fingerprint density at radius 3 is 2.60 bits per heavy atom. The molecule has 1 atom stereocenters. The fourth-order valence-electron chi connectivity index (χ4n) is 1.75. The van der Waals surface area contributed by atoms with Crippen LogP contribution in [0.4, 0.5) is 0 Å². The van der Waals surface area contributed by atoms with Crippen LogP contribution in [0.1, 0.15) is 31.1 Å². The van der Waals surface area contributed by atoms with E-state index in [4.69, 9.17) is 0 Å². The quantitative estimate of drug-likeness (QED) is 0.797. The van der Waals surface area contributed by atoms with E-state index in [0.717, 1.165) is 5.56 Å². The number of hydrogen-bond acceptors (Lipinski definition) is 3. The van der Waals surface area contributed by atoms with Gasteiger partial charge in [-0.15, -0.1) is 0 Å². The predicted molar refractivity (Wildman–Crippen MR) is 77.2 cm³/mol. The maximum absolute atomic E-state index is 12.3. The molecule has 5 heteroatoms. The number of aliphatic hydroxyl groups excluding tert-OH is 1. The van der Waals surface area contributed by atoms with E-state index < -0.39 is 11.6 Å². The van der Waals surface area contributed by atoms with E-state index in [2.05, 4.69) is 15.5 Å². The van der Waals surface area contributed by atoms with Gasteiger partial charge in [0.05, 0.1) is 29.1 Å². The van der Waals surface area contributed by atoms with E-state index in [1.807, 2.05) is 30.3 Å². The molecule has 0 aliphatic carbocycles. The average molecular weight is 273 g/mol. The Kier molecular flexibility index (Phi) is 3.90. The summed E-state index contributed by atoms with van der Waals surface area (Å²) >= 11 is 0. The molecule has 0 saturated heterocycles. The van der Waals surface area contributed by atoms with Gasteiger partial charge in [0.2, 0.25) is 0 Å². The van der Waals surface area contributed by atoms with Gasteiger partial charge in [0, 0.05) is 5.56 Å². The van der Waals surface area contributed by atoms with Gasteiger partial charge in [-0.25, -0.2) is 0 Å². The lowest BCUT2D eigenvalue weighted by molar-refractivity contribution is 0.0710. The predicted octanol–water partition coefficient (Wildman–Crippen LogP) is 1.97. The first-order chi connectivity index (χ1) is 9.42. The number of rotatable bonds is 4. The van der Waals surface area contributed by atoms with Gasteiger partial charge in [-0.05, 0) is 20.8 Å². The van der Waals surface area contributed by atoms with Crippen LogP contribution in [0.15, 0.2) is 36.5 Å². The zero-order valence-corrected chi connectivity index (χ0v) is 11.8. The van der Waals surface area contributed by atoms with Crippen molar-refractivity contribution >= 4 is 5.91 Å². The Hall–Kier alpha value is -2.14. The van der Waals surface area contributed by atoms with Crippen molar-refractivity contribution in [2.75, 3.05) is 0 Å². The number of aromatic nitrogens is 2. The second-order valence-electron chi connectivity index (χ2n) is 5.38. The molecule has 0 fully saturated rings. The first-order valence-electron chi connectivity index (χ1n) is 6.51. The van der Waals surface area contributed by atoms with E-state index in [-0.39, 0.29) is 5.91 Å². The summed E-state index contributed by atoms with van der Waals surface area (Å²) in [5.41, 5.74) is 1.32. The van der Waals surface area contributed by atoms with E-state index in [9.17, 15) is 9.90 Å². The number of nitrogens with one attached hydrogen (secondary N) is 2. The first-order valence-corrected chi connectivity index (χ1v) is 6.51. The normalized spacial score (nSPS) is 13.0. The summed E-state index contributed by atoms with van der Waals surface area (Å²) in [6, 6.07) is 9.53. The highest BCUT2D eigenvalue weighted by molar-refractivity contribution is 6.00. The number of aromatic amines is 1. The molecule has 0 aliphatic rings. The summed E-state index contributed by atoms with van der Waals surface area (Å²) in [4.78, 5) is 12.3. The zero-order valence-electron chi connectivity index (χ0n) is 11.8. The van der Waals surface area contributed by atoms with Gasteiger partial charge in [-0.1, -0.05) is 30.3 Å². The molecule has 106 valence electrons. The number of hydrogen-bond donors (Lipinski definition) is 3. The molecule has 20 heavy (non-hydrogen) atoms. The van der Waals surface area contributed by atoms with Crippen molar-refractivity contribution < 1.29 is 9.90 Å². The van der Waals surface area contributed by atoms with Gasteiger partial charge < -0.3 is 10.4 Å². The van der Waals surface area contributed by atoms with Crippen LogP contribution in [0.5, 0.6) is 0 Å². The van der Waals surface area contributed by atoms with Gasteiger partial charge in [-0.2, -0.15) is 5.10 Å². The van der Waals surface area contributed by atoms with Crippen LogP contribution in [0.2, 0.25) is 0 Å². The lowest BCUT2D eigenvalue weighted by atomic mass is 9.98. The van der Waals surface area contributed by atoms with Crippen LogP contribution in [0.3, 0.4) is 0 Å². The van der Waals surface area contributed by atoms with E-state index in [1.165, 1.54) is 6.20 Å². The molecule has 1 heterocycles. The van der Waals surface area contributed by atoms with Crippen molar-refractivity contribution in [1.29, 1.82) is 0 Å². The lowest BCUT2D eigenvalue weighted by Gasteiger charge is -2.29. The third-order valence-electron chi connectivity index (χ3n) is 3.43. The van der Waals surface area contributed by atoms with Gasteiger partial charge in [0.15, 0.2) is 0 Å². The summed E-state index contributed by atoms with van der Waals surface area (Å²) in [5.74, 6) is -0.261. The Morgan fingerprint density at radius 1 is 1.35 bits per heavy atom. The Balaban J connectivity index is 2.27. The Morgan fingerprint density at radius 2 is 2.00 bits per heavy atom. The second-order valence-corrected chi connectivity index (χ2v) is 5.38. The SMILES string of the molecule is CC(O)C(C)(C)NC(=O)c1cn[nH]c1-c1ccccc1. The van der Waals surface area contributed by atoms with Crippen LogP contribution in [0, 0.1) is 0 Å². The minimum Gasteiger partial charge on any atom is -0.391 e. The molecule has 0 aliphatic heterocycles. The van der Waals surface area contributed by atoms with E-state index in [1.54, 1.807) is 20.8 Å². The molecule has 3 N–H and O–H groups in total. The molecule has 0 bridgehead atoms. The number of H-pyrrole nitrogens is 1. The fraction of sp³-hybridized carbons (Fsp3) is 0.333. The molecule has 0 radical (unpaired) electrons. The first kappa shape index (κ1) is 14.3. The summed E-state index contributed by atoms with van der Waals surface area (Å²) in [6.07, 6.45) is 0.842. The number of aliphatic hydroxyl groups is 1. The number of nitrogens with zero attached hydrogens (tertiary/aromatic N) is 1. The van der Waals surface area contributed by atoms with Crippen molar-refractivity contribution in [1.82, 2.24) is 15.5 Å². The number of amides is 1. The molecular formula is C15H19N3O2. The van der Waals surface area contributed by atoms with Crippen LogP contribution in [-0.4, -0.2) is 32.9 Å². The van der Waals surface area contributed by atoms with Gasteiger partial charge in [0.1, 0.15) is 0 Å². The fourth-order valence-corrected chi connectivity index (χ4v) is 1.75. The summed E-state index contributed by atoms with van der Waals surface area (Å²) in [7, 11) is 0. The minimum atomic E-state index is -0.706. The Labute approximate surface area is 118 Å². The highest BCUT2D eigenvalue weighted by Gasteiger charge is 2.28. The molecule has 1 aromatic carbocycles. The molecule has 0 saturated carbocycles. The van der Waals surface area contributed by atoms with Crippen LogP contribution in [0.25, 0.3) is 11.3 Å². The minimum absolute atomic E-state index is 0.261. The van der Waals surface area contributed by atoms with E-state index in [0.29, 0.717) is 11.3 Å². The highest BCUT2D eigenvalue weighted by atomic mass is 16.3. The largest absolute Gasteiger partial charge is 0.391 e. The second kappa shape index (κ2) is 5.46.